The Morgan fingerprint density at radius 1 is 1.31 bits per heavy atom. The van der Waals surface area contributed by atoms with E-state index in [4.69, 9.17) is 4.74 Å². The van der Waals surface area contributed by atoms with Crippen molar-refractivity contribution >= 4 is 11.8 Å². The van der Waals surface area contributed by atoms with Gasteiger partial charge in [0.25, 0.3) is 5.91 Å². The van der Waals surface area contributed by atoms with Crippen LogP contribution in [0.15, 0.2) is 30.3 Å². The van der Waals surface area contributed by atoms with Crippen LogP contribution in [0.1, 0.15) is 52.4 Å². The molecule has 5 nitrogen and oxygen atoms in total. The monoisotopic (exact) mass is 358 g/mol. The van der Waals surface area contributed by atoms with Gasteiger partial charge in [0.2, 0.25) is 5.91 Å². The van der Waals surface area contributed by atoms with Crippen LogP contribution >= 0.6 is 0 Å². The lowest BCUT2D eigenvalue weighted by Crippen LogP contribution is -2.56. The van der Waals surface area contributed by atoms with E-state index in [-0.39, 0.29) is 23.9 Å². The Morgan fingerprint density at radius 3 is 2.81 bits per heavy atom. The Bertz CT molecular complexity index is 619. The number of para-hydroxylation sites is 1. The van der Waals surface area contributed by atoms with Crippen LogP contribution in [-0.2, 0) is 9.59 Å². The fraction of sp³-hybridized carbons (Fsp3) is 0.619. The SMILES string of the molecule is CCCC1CC(=O)NC2CC(NC(=O)C(C)Oc3ccccc3)CCC12. The third-order valence-corrected chi connectivity index (χ3v) is 5.73. The van der Waals surface area contributed by atoms with Gasteiger partial charge in [-0.3, -0.25) is 9.59 Å². The molecule has 2 N–H and O–H groups in total. The maximum atomic E-state index is 12.5. The molecule has 2 amide bonds. The summed E-state index contributed by atoms with van der Waals surface area (Å²) >= 11 is 0. The van der Waals surface area contributed by atoms with Crippen molar-refractivity contribution in [3.05, 3.63) is 30.3 Å². The molecular weight excluding hydrogens is 328 g/mol. The Hall–Kier alpha value is -2.04. The molecule has 0 radical (unpaired) electrons. The standard InChI is InChI=1S/C21H30N2O3/c1-3-7-15-12-20(24)23-19-13-16(10-11-18(15)19)22-21(25)14(2)26-17-8-5-4-6-9-17/h4-6,8-9,14-16,18-19H,3,7,10-13H2,1-2H3,(H,22,25)(H,23,24). The molecule has 1 saturated heterocycles. The van der Waals surface area contributed by atoms with E-state index in [1.165, 1.54) is 0 Å². The highest BCUT2D eigenvalue weighted by Gasteiger charge is 2.40. The van der Waals surface area contributed by atoms with Crippen molar-refractivity contribution in [2.45, 2.75) is 70.6 Å². The zero-order chi connectivity index (χ0) is 18.5. The van der Waals surface area contributed by atoms with Crippen LogP contribution in [0.25, 0.3) is 0 Å². The van der Waals surface area contributed by atoms with E-state index in [0.29, 0.717) is 24.0 Å². The van der Waals surface area contributed by atoms with Crippen LogP contribution in [-0.4, -0.2) is 30.0 Å². The van der Waals surface area contributed by atoms with Gasteiger partial charge in [-0.2, -0.15) is 0 Å². The molecule has 2 aliphatic rings. The molecule has 5 atom stereocenters. The predicted octanol–water partition coefficient (Wildman–Crippen LogP) is 3.04. The molecule has 1 heterocycles. The second-order valence-corrected chi connectivity index (χ2v) is 7.68. The van der Waals surface area contributed by atoms with E-state index in [2.05, 4.69) is 17.6 Å². The molecule has 142 valence electrons. The summed E-state index contributed by atoms with van der Waals surface area (Å²) in [7, 11) is 0. The fourth-order valence-corrected chi connectivity index (χ4v) is 4.47. The highest BCUT2D eigenvalue weighted by molar-refractivity contribution is 5.81. The molecule has 0 spiro atoms. The maximum absolute atomic E-state index is 12.5. The predicted molar refractivity (Wildman–Crippen MR) is 101 cm³/mol. The zero-order valence-electron chi connectivity index (χ0n) is 15.7. The first kappa shape index (κ1) is 18.7. The first-order chi connectivity index (χ1) is 12.6. The summed E-state index contributed by atoms with van der Waals surface area (Å²) < 4.78 is 5.71. The number of carbonyl (C=O) groups is 2. The Kier molecular flexibility index (Phi) is 6.17. The van der Waals surface area contributed by atoms with Crippen molar-refractivity contribution in [1.29, 1.82) is 0 Å². The fourth-order valence-electron chi connectivity index (χ4n) is 4.47. The van der Waals surface area contributed by atoms with E-state index in [1.807, 2.05) is 30.3 Å². The van der Waals surface area contributed by atoms with Gasteiger partial charge in [-0.25, -0.2) is 0 Å². The molecule has 0 bridgehead atoms. The summed E-state index contributed by atoms with van der Waals surface area (Å²) in [6.07, 6.45) is 5.22. The highest BCUT2D eigenvalue weighted by Crippen LogP contribution is 2.37. The third-order valence-electron chi connectivity index (χ3n) is 5.73. The van der Waals surface area contributed by atoms with Gasteiger partial charge in [-0.1, -0.05) is 31.5 Å². The molecule has 1 saturated carbocycles. The minimum Gasteiger partial charge on any atom is -0.481 e. The Balaban J connectivity index is 1.53. The summed E-state index contributed by atoms with van der Waals surface area (Å²) in [6, 6.07) is 9.68. The molecule has 1 aliphatic carbocycles. The second kappa shape index (κ2) is 8.56. The molecule has 1 aromatic carbocycles. The first-order valence-corrected chi connectivity index (χ1v) is 9.88. The molecule has 3 rings (SSSR count). The van der Waals surface area contributed by atoms with Crippen LogP contribution in [0, 0.1) is 11.8 Å². The van der Waals surface area contributed by atoms with Gasteiger partial charge < -0.3 is 15.4 Å². The quantitative estimate of drug-likeness (QED) is 0.821. The molecule has 5 unspecified atom stereocenters. The number of ether oxygens (including phenoxy) is 1. The minimum absolute atomic E-state index is 0.0930. The number of benzene rings is 1. The highest BCUT2D eigenvalue weighted by atomic mass is 16.5. The van der Waals surface area contributed by atoms with Gasteiger partial charge in [-0.05, 0) is 56.6 Å². The van der Waals surface area contributed by atoms with E-state index in [9.17, 15) is 9.59 Å². The number of amides is 2. The lowest BCUT2D eigenvalue weighted by atomic mass is 9.70. The number of rotatable bonds is 6. The molecule has 0 aromatic heterocycles. The summed E-state index contributed by atoms with van der Waals surface area (Å²) in [4.78, 5) is 24.5. The van der Waals surface area contributed by atoms with Crippen LogP contribution in [0.4, 0.5) is 0 Å². The van der Waals surface area contributed by atoms with Gasteiger partial charge in [0, 0.05) is 18.5 Å². The topological polar surface area (TPSA) is 67.4 Å². The van der Waals surface area contributed by atoms with E-state index in [1.54, 1.807) is 6.92 Å². The van der Waals surface area contributed by atoms with Crippen LogP contribution in [0.3, 0.4) is 0 Å². The Labute approximate surface area is 155 Å². The maximum Gasteiger partial charge on any atom is 0.260 e. The number of hydrogen-bond acceptors (Lipinski definition) is 3. The van der Waals surface area contributed by atoms with Crippen molar-refractivity contribution < 1.29 is 14.3 Å². The molecule has 26 heavy (non-hydrogen) atoms. The number of fused-ring (bicyclic) bond motifs is 1. The largest absolute Gasteiger partial charge is 0.481 e. The lowest BCUT2D eigenvalue weighted by Gasteiger charge is -2.44. The van der Waals surface area contributed by atoms with Gasteiger partial charge in [0.15, 0.2) is 6.10 Å². The van der Waals surface area contributed by atoms with Crippen molar-refractivity contribution in [1.82, 2.24) is 10.6 Å². The smallest absolute Gasteiger partial charge is 0.260 e. The van der Waals surface area contributed by atoms with E-state index in [0.717, 1.165) is 32.1 Å². The third kappa shape index (κ3) is 4.57. The minimum atomic E-state index is -0.538. The summed E-state index contributed by atoms with van der Waals surface area (Å²) in [5, 5.41) is 6.28. The Morgan fingerprint density at radius 2 is 2.08 bits per heavy atom. The molecule has 1 aliphatic heterocycles. The van der Waals surface area contributed by atoms with Gasteiger partial charge >= 0.3 is 0 Å². The van der Waals surface area contributed by atoms with Crippen molar-refractivity contribution in [3.63, 3.8) is 0 Å². The molecular formula is C21H30N2O3. The average molecular weight is 358 g/mol. The molecule has 2 fully saturated rings. The zero-order valence-corrected chi connectivity index (χ0v) is 15.7. The lowest BCUT2D eigenvalue weighted by molar-refractivity contribution is -0.129. The molecule has 5 heteroatoms. The van der Waals surface area contributed by atoms with Gasteiger partial charge in [0.1, 0.15) is 5.75 Å². The summed E-state index contributed by atoms with van der Waals surface area (Å²) in [6.45, 7) is 3.95. The van der Waals surface area contributed by atoms with Gasteiger partial charge in [-0.15, -0.1) is 0 Å². The van der Waals surface area contributed by atoms with E-state index < -0.39 is 6.10 Å². The van der Waals surface area contributed by atoms with Gasteiger partial charge in [0.05, 0.1) is 0 Å². The normalized spacial score (nSPS) is 29.2. The van der Waals surface area contributed by atoms with Crippen molar-refractivity contribution in [2.75, 3.05) is 0 Å². The number of piperidine rings is 1. The second-order valence-electron chi connectivity index (χ2n) is 7.68. The van der Waals surface area contributed by atoms with Crippen molar-refractivity contribution in [3.8, 4) is 5.75 Å². The summed E-state index contributed by atoms with van der Waals surface area (Å²) in [5.74, 6) is 1.82. The van der Waals surface area contributed by atoms with Crippen LogP contribution in [0.5, 0.6) is 5.75 Å². The molecule has 1 aromatic rings. The summed E-state index contributed by atoms with van der Waals surface area (Å²) in [5.41, 5.74) is 0. The number of nitrogens with one attached hydrogen (secondary N) is 2. The average Bonchev–Trinajstić information content (AvgIpc) is 2.62. The first-order valence-electron chi connectivity index (χ1n) is 9.88. The van der Waals surface area contributed by atoms with E-state index >= 15 is 0 Å². The van der Waals surface area contributed by atoms with Crippen LogP contribution < -0.4 is 15.4 Å². The number of hydrogen-bond donors (Lipinski definition) is 2. The van der Waals surface area contributed by atoms with Crippen LogP contribution in [0.2, 0.25) is 0 Å². The number of carbonyl (C=O) groups excluding carboxylic acids is 2. The van der Waals surface area contributed by atoms with Crippen molar-refractivity contribution in [2.24, 2.45) is 11.8 Å².